The number of hydrogen-bond acceptors (Lipinski definition) is 2. The maximum absolute atomic E-state index is 12.2. The number of rotatable bonds is 4. The predicted molar refractivity (Wildman–Crippen MR) is 69.0 cm³/mol. The van der Waals surface area contributed by atoms with Gasteiger partial charge in [0.25, 0.3) is 0 Å². The summed E-state index contributed by atoms with van der Waals surface area (Å²) in [6, 6.07) is 5.21. The molecule has 0 fully saturated rings. The van der Waals surface area contributed by atoms with E-state index in [1.807, 2.05) is 6.92 Å². The van der Waals surface area contributed by atoms with Gasteiger partial charge in [-0.05, 0) is 24.5 Å². The first-order chi connectivity index (χ1) is 8.56. The number of halogens is 1. The van der Waals surface area contributed by atoms with E-state index in [1.165, 1.54) is 0 Å². The Morgan fingerprint density at radius 1 is 1.56 bits per heavy atom. The number of carbonyl (C=O) groups is 2. The highest BCUT2D eigenvalue weighted by Gasteiger charge is 2.39. The lowest BCUT2D eigenvalue weighted by atomic mass is 9.86. The van der Waals surface area contributed by atoms with E-state index in [4.69, 9.17) is 11.6 Å². The molecule has 0 radical (unpaired) electrons. The topological polar surface area (TPSA) is 54.4 Å². The molecule has 0 saturated carbocycles. The zero-order valence-electron chi connectivity index (χ0n) is 10.1. The van der Waals surface area contributed by atoms with Crippen molar-refractivity contribution in [1.82, 2.24) is 0 Å². The van der Waals surface area contributed by atoms with Crippen molar-refractivity contribution in [2.75, 3.05) is 0 Å². The van der Waals surface area contributed by atoms with Crippen molar-refractivity contribution in [2.45, 2.75) is 26.2 Å². The molecular formula is C14H15ClO3. The van der Waals surface area contributed by atoms with Crippen LogP contribution in [0.1, 0.15) is 35.7 Å². The van der Waals surface area contributed by atoms with Gasteiger partial charge in [0.2, 0.25) is 0 Å². The number of aliphatic carboxylic acids is 1. The second-order valence-electron chi connectivity index (χ2n) is 4.67. The molecule has 1 aromatic carbocycles. The van der Waals surface area contributed by atoms with Crippen LogP contribution in [0.5, 0.6) is 0 Å². The second kappa shape index (κ2) is 5.11. The average Bonchev–Trinajstić information content (AvgIpc) is 2.65. The van der Waals surface area contributed by atoms with Gasteiger partial charge in [0, 0.05) is 16.5 Å². The molecule has 1 aliphatic rings. The van der Waals surface area contributed by atoms with E-state index in [1.54, 1.807) is 18.2 Å². The van der Waals surface area contributed by atoms with Gasteiger partial charge in [-0.25, -0.2) is 0 Å². The monoisotopic (exact) mass is 266 g/mol. The van der Waals surface area contributed by atoms with Crippen molar-refractivity contribution in [3.63, 3.8) is 0 Å². The van der Waals surface area contributed by atoms with Crippen LogP contribution >= 0.6 is 11.6 Å². The molecule has 0 heterocycles. The molecule has 2 unspecified atom stereocenters. The van der Waals surface area contributed by atoms with E-state index >= 15 is 0 Å². The number of hydrogen-bond donors (Lipinski definition) is 1. The molecule has 0 spiro atoms. The quantitative estimate of drug-likeness (QED) is 0.910. The van der Waals surface area contributed by atoms with E-state index in [9.17, 15) is 14.7 Å². The number of ketones is 1. The molecule has 0 bridgehead atoms. The lowest BCUT2D eigenvalue weighted by Gasteiger charge is -2.17. The molecule has 3 nitrogen and oxygen atoms in total. The second-order valence-corrected chi connectivity index (χ2v) is 5.08. The third kappa shape index (κ3) is 2.15. The Labute approximate surface area is 111 Å². The number of carboxylic acids is 1. The molecule has 1 aliphatic carbocycles. The van der Waals surface area contributed by atoms with Gasteiger partial charge >= 0.3 is 5.97 Å². The zero-order chi connectivity index (χ0) is 13.3. The van der Waals surface area contributed by atoms with Gasteiger partial charge in [-0.3, -0.25) is 9.59 Å². The molecule has 2 atom stereocenters. The summed E-state index contributed by atoms with van der Waals surface area (Å²) in [6.07, 6.45) is 1.73. The van der Waals surface area contributed by atoms with Crippen molar-refractivity contribution in [2.24, 2.45) is 11.8 Å². The van der Waals surface area contributed by atoms with Crippen LogP contribution in [0.25, 0.3) is 0 Å². The van der Waals surface area contributed by atoms with Gasteiger partial charge in [-0.2, -0.15) is 0 Å². The average molecular weight is 267 g/mol. The number of carboxylic acid groups (broad SMARTS) is 1. The minimum absolute atomic E-state index is 0.0756. The Bertz CT molecular complexity index is 496. The summed E-state index contributed by atoms with van der Waals surface area (Å²) in [6.45, 7) is 1.93. The number of Topliss-reactive ketones (excluding diaryl/α,β-unsaturated/α-hetero) is 1. The Kier molecular flexibility index (Phi) is 3.71. The van der Waals surface area contributed by atoms with Crippen LogP contribution in [-0.4, -0.2) is 16.9 Å². The summed E-state index contributed by atoms with van der Waals surface area (Å²) in [5, 5.41) is 9.80. The molecule has 0 aromatic heterocycles. The fourth-order valence-electron chi connectivity index (χ4n) is 2.64. The predicted octanol–water partition coefficient (Wildman–Crippen LogP) is 3.20. The number of benzene rings is 1. The molecular weight excluding hydrogens is 252 g/mol. The summed E-state index contributed by atoms with van der Waals surface area (Å²) in [5.74, 6) is -2.03. The van der Waals surface area contributed by atoms with Gasteiger partial charge in [0.15, 0.2) is 5.78 Å². The van der Waals surface area contributed by atoms with E-state index in [0.29, 0.717) is 23.4 Å². The summed E-state index contributed by atoms with van der Waals surface area (Å²) in [5.41, 5.74) is 1.39. The maximum Gasteiger partial charge on any atom is 0.307 e. The molecule has 1 N–H and O–H groups in total. The van der Waals surface area contributed by atoms with E-state index in [-0.39, 0.29) is 5.78 Å². The standard InChI is InChI=1S/C14H15ClO3/c1-2-4-9(14(17)18)11-7-10-8(13(11)16)5-3-6-12(10)15/h3,5-6,9,11H,2,4,7H2,1H3,(H,17,18). The third-order valence-electron chi connectivity index (χ3n) is 3.55. The minimum Gasteiger partial charge on any atom is -0.481 e. The summed E-state index contributed by atoms with van der Waals surface area (Å²) in [7, 11) is 0. The fourth-order valence-corrected chi connectivity index (χ4v) is 2.89. The fraction of sp³-hybridized carbons (Fsp3) is 0.429. The third-order valence-corrected chi connectivity index (χ3v) is 3.90. The van der Waals surface area contributed by atoms with Gasteiger partial charge in [0.05, 0.1) is 5.92 Å². The van der Waals surface area contributed by atoms with Gasteiger partial charge in [-0.15, -0.1) is 0 Å². The summed E-state index contributed by atoms with van der Waals surface area (Å²) in [4.78, 5) is 23.5. The van der Waals surface area contributed by atoms with Crippen LogP contribution in [0.15, 0.2) is 18.2 Å². The van der Waals surface area contributed by atoms with Crippen LogP contribution < -0.4 is 0 Å². The zero-order valence-corrected chi connectivity index (χ0v) is 10.9. The van der Waals surface area contributed by atoms with Crippen LogP contribution in [0.2, 0.25) is 5.02 Å². The van der Waals surface area contributed by atoms with Crippen molar-refractivity contribution in [1.29, 1.82) is 0 Å². The lowest BCUT2D eigenvalue weighted by Crippen LogP contribution is -2.27. The highest BCUT2D eigenvalue weighted by Crippen LogP contribution is 2.37. The molecule has 0 amide bonds. The number of carbonyl (C=O) groups excluding carboxylic acids is 1. The van der Waals surface area contributed by atoms with Crippen LogP contribution in [0.3, 0.4) is 0 Å². The summed E-state index contributed by atoms with van der Waals surface area (Å²) >= 11 is 6.06. The minimum atomic E-state index is -0.890. The Hall–Kier alpha value is -1.35. The molecule has 1 aromatic rings. The van der Waals surface area contributed by atoms with E-state index in [2.05, 4.69) is 0 Å². The lowest BCUT2D eigenvalue weighted by molar-refractivity contribution is -0.143. The Balaban J connectivity index is 2.33. The van der Waals surface area contributed by atoms with Gasteiger partial charge in [-0.1, -0.05) is 37.1 Å². The Morgan fingerprint density at radius 2 is 2.28 bits per heavy atom. The molecule has 0 aliphatic heterocycles. The van der Waals surface area contributed by atoms with E-state index < -0.39 is 17.8 Å². The molecule has 0 saturated heterocycles. The summed E-state index contributed by atoms with van der Waals surface area (Å²) < 4.78 is 0. The highest BCUT2D eigenvalue weighted by molar-refractivity contribution is 6.32. The first-order valence-electron chi connectivity index (χ1n) is 6.10. The SMILES string of the molecule is CCCC(C(=O)O)C1Cc2c(Cl)cccc2C1=O. The van der Waals surface area contributed by atoms with Crippen molar-refractivity contribution < 1.29 is 14.7 Å². The normalized spacial score (nSPS) is 19.7. The number of fused-ring (bicyclic) bond motifs is 1. The van der Waals surface area contributed by atoms with Crippen LogP contribution in [-0.2, 0) is 11.2 Å². The largest absolute Gasteiger partial charge is 0.481 e. The molecule has 4 heteroatoms. The van der Waals surface area contributed by atoms with Gasteiger partial charge < -0.3 is 5.11 Å². The van der Waals surface area contributed by atoms with Crippen LogP contribution in [0.4, 0.5) is 0 Å². The van der Waals surface area contributed by atoms with Crippen molar-refractivity contribution in [3.8, 4) is 0 Å². The van der Waals surface area contributed by atoms with Crippen LogP contribution in [0, 0.1) is 11.8 Å². The van der Waals surface area contributed by atoms with Gasteiger partial charge in [0.1, 0.15) is 0 Å². The molecule has 18 heavy (non-hydrogen) atoms. The molecule has 2 rings (SSSR count). The Morgan fingerprint density at radius 3 is 2.83 bits per heavy atom. The first kappa shape index (κ1) is 13.1. The van der Waals surface area contributed by atoms with E-state index in [0.717, 1.165) is 12.0 Å². The van der Waals surface area contributed by atoms with Crippen molar-refractivity contribution >= 4 is 23.4 Å². The highest BCUT2D eigenvalue weighted by atomic mass is 35.5. The maximum atomic E-state index is 12.2. The molecule has 96 valence electrons. The first-order valence-corrected chi connectivity index (χ1v) is 6.48. The van der Waals surface area contributed by atoms with Crippen molar-refractivity contribution in [3.05, 3.63) is 34.3 Å². The smallest absolute Gasteiger partial charge is 0.307 e.